The van der Waals surface area contributed by atoms with Gasteiger partial charge in [-0.3, -0.25) is 9.59 Å². The molecule has 4 heteroatoms. The lowest BCUT2D eigenvalue weighted by Gasteiger charge is -2.24. The van der Waals surface area contributed by atoms with E-state index in [2.05, 4.69) is 11.2 Å². The number of carbonyl (C=O) groups is 2. The number of nitrogens with one attached hydrogen (secondary N) is 1. The molecule has 0 unspecified atom stereocenters. The molecule has 0 bridgehead atoms. The Balaban J connectivity index is 1.66. The highest BCUT2D eigenvalue weighted by molar-refractivity contribution is 5.96. The zero-order valence-electron chi connectivity index (χ0n) is 14.7. The number of amides is 2. The van der Waals surface area contributed by atoms with Crippen LogP contribution in [-0.4, -0.2) is 23.3 Å². The molecule has 26 heavy (non-hydrogen) atoms. The zero-order valence-corrected chi connectivity index (χ0v) is 14.7. The molecule has 0 aromatic heterocycles. The number of carbonyl (C=O) groups excluding carboxylic acids is 2. The van der Waals surface area contributed by atoms with Gasteiger partial charge in [0.15, 0.2) is 0 Å². The van der Waals surface area contributed by atoms with E-state index in [0.717, 1.165) is 24.8 Å². The molecule has 1 aliphatic rings. The van der Waals surface area contributed by atoms with Gasteiger partial charge in [0.25, 0.3) is 5.91 Å². The Labute approximate surface area is 154 Å². The van der Waals surface area contributed by atoms with Gasteiger partial charge >= 0.3 is 0 Å². The Hall–Kier alpha value is -3.06. The number of terminal acetylenes is 1. The predicted molar refractivity (Wildman–Crippen MR) is 102 cm³/mol. The monoisotopic (exact) mass is 346 g/mol. The van der Waals surface area contributed by atoms with Crippen LogP contribution in [0.3, 0.4) is 0 Å². The van der Waals surface area contributed by atoms with E-state index in [1.807, 2.05) is 30.3 Å². The van der Waals surface area contributed by atoms with Gasteiger partial charge in [-0.15, -0.1) is 6.42 Å². The minimum absolute atomic E-state index is 0.0633. The maximum Gasteiger partial charge on any atom is 0.254 e. The molecule has 0 radical (unpaired) electrons. The van der Waals surface area contributed by atoms with E-state index >= 15 is 0 Å². The van der Waals surface area contributed by atoms with E-state index in [1.165, 1.54) is 0 Å². The van der Waals surface area contributed by atoms with E-state index in [9.17, 15) is 9.59 Å². The summed E-state index contributed by atoms with van der Waals surface area (Å²) in [6.07, 6.45) is 8.48. The largest absolute Gasteiger partial charge is 0.326 e. The summed E-state index contributed by atoms with van der Waals surface area (Å²) in [5.41, 5.74) is 2.29. The predicted octanol–water partition coefficient (Wildman–Crippen LogP) is 3.70. The molecule has 132 valence electrons. The summed E-state index contributed by atoms with van der Waals surface area (Å²) in [6.45, 7) is 0.706. The first-order valence-electron chi connectivity index (χ1n) is 8.85. The van der Waals surface area contributed by atoms with Crippen molar-refractivity contribution in [2.75, 3.05) is 11.9 Å². The van der Waals surface area contributed by atoms with E-state index in [4.69, 9.17) is 6.42 Å². The fourth-order valence-corrected chi connectivity index (χ4v) is 2.91. The minimum atomic E-state index is -0.122. The first kappa shape index (κ1) is 17.8. The molecule has 0 aliphatic heterocycles. The van der Waals surface area contributed by atoms with E-state index in [1.54, 1.807) is 29.2 Å². The number of hydrogen-bond acceptors (Lipinski definition) is 2. The maximum atomic E-state index is 12.8. The normalized spacial score (nSPS) is 13.3. The van der Waals surface area contributed by atoms with Crippen LogP contribution < -0.4 is 5.32 Å². The number of rotatable bonds is 6. The highest BCUT2D eigenvalue weighted by atomic mass is 16.2. The van der Waals surface area contributed by atoms with Crippen LogP contribution in [0.15, 0.2) is 54.6 Å². The zero-order chi connectivity index (χ0) is 18.4. The Morgan fingerprint density at radius 3 is 2.35 bits per heavy atom. The molecular formula is C22H22N2O2. The lowest BCUT2D eigenvalue weighted by molar-refractivity contribution is -0.122. The van der Waals surface area contributed by atoms with Gasteiger partial charge in [0.1, 0.15) is 0 Å². The maximum absolute atomic E-state index is 12.8. The number of benzene rings is 2. The summed E-state index contributed by atoms with van der Waals surface area (Å²) < 4.78 is 0. The number of nitrogens with zero attached hydrogens (tertiary/aromatic N) is 1. The summed E-state index contributed by atoms with van der Waals surface area (Å²) in [7, 11) is 0. The minimum Gasteiger partial charge on any atom is -0.326 e. The summed E-state index contributed by atoms with van der Waals surface area (Å²) in [4.78, 5) is 26.4. The van der Waals surface area contributed by atoms with Crippen molar-refractivity contribution in [1.29, 1.82) is 0 Å². The van der Waals surface area contributed by atoms with Crippen LogP contribution in [0.25, 0.3) is 0 Å². The third kappa shape index (κ3) is 4.31. The van der Waals surface area contributed by atoms with Crippen molar-refractivity contribution in [2.24, 2.45) is 5.92 Å². The van der Waals surface area contributed by atoms with Crippen molar-refractivity contribution in [3.8, 4) is 12.3 Å². The highest BCUT2D eigenvalue weighted by Crippen LogP contribution is 2.27. The Bertz CT molecular complexity index is 802. The first-order chi connectivity index (χ1) is 12.7. The van der Waals surface area contributed by atoms with Crippen molar-refractivity contribution in [3.63, 3.8) is 0 Å². The van der Waals surface area contributed by atoms with Crippen LogP contribution in [-0.2, 0) is 11.3 Å². The second-order valence-electron chi connectivity index (χ2n) is 6.55. The van der Waals surface area contributed by atoms with E-state index in [-0.39, 0.29) is 24.3 Å². The Morgan fingerprint density at radius 1 is 1.08 bits per heavy atom. The quantitative estimate of drug-likeness (QED) is 0.811. The second-order valence-corrected chi connectivity index (χ2v) is 6.55. The van der Waals surface area contributed by atoms with Gasteiger partial charge in [0.05, 0.1) is 6.54 Å². The number of hydrogen-bond donors (Lipinski definition) is 1. The van der Waals surface area contributed by atoms with Gasteiger partial charge in [0.2, 0.25) is 5.91 Å². The second kappa shape index (κ2) is 8.35. The van der Waals surface area contributed by atoms with Crippen LogP contribution in [0, 0.1) is 18.3 Å². The van der Waals surface area contributed by atoms with Crippen molar-refractivity contribution in [2.45, 2.75) is 25.8 Å². The smallest absolute Gasteiger partial charge is 0.254 e. The van der Waals surface area contributed by atoms with Crippen molar-refractivity contribution >= 4 is 17.5 Å². The standard InChI is InChI=1S/C22H22N2O2/c1-2-15-24(16-17-7-4-3-5-8-17)22(26)19-11-13-20(14-12-19)23-21(25)18-9-6-10-18/h1,3-5,7-8,11-14,18H,6,9-10,15-16H2,(H,23,25). The van der Waals surface area contributed by atoms with Gasteiger partial charge in [-0.05, 0) is 42.7 Å². The molecule has 1 aliphatic carbocycles. The molecule has 1 fully saturated rings. The van der Waals surface area contributed by atoms with Crippen LogP contribution in [0.1, 0.15) is 35.2 Å². The summed E-state index contributed by atoms with van der Waals surface area (Å²) in [5, 5.41) is 2.91. The average Bonchev–Trinajstić information content (AvgIpc) is 2.61. The summed E-state index contributed by atoms with van der Waals surface area (Å²) in [5.74, 6) is 2.62. The SMILES string of the molecule is C#CCN(Cc1ccccc1)C(=O)c1ccc(NC(=O)C2CCC2)cc1. The Kier molecular flexibility index (Phi) is 5.70. The highest BCUT2D eigenvalue weighted by Gasteiger charge is 2.25. The third-order valence-electron chi connectivity index (χ3n) is 4.66. The summed E-state index contributed by atoms with van der Waals surface area (Å²) in [6, 6.07) is 16.7. The molecule has 0 atom stereocenters. The molecule has 4 nitrogen and oxygen atoms in total. The van der Waals surface area contributed by atoms with Crippen LogP contribution >= 0.6 is 0 Å². The van der Waals surface area contributed by atoms with Crippen molar-refractivity contribution in [3.05, 3.63) is 65.7 Å². The molecule has 3 rings (SSSR count). The van der Waals surface area contributed by atoms with Crippen LogP contribution in [0.2, 0.25) is 0 Å². The molecule has 0 spiro atoms. The van der Waals surface area contributed by atoms with Crippen molar-refractivity contribution in [1.82, 2.24) is 4.90 Å². The molecule has 1 N–H and O–H groups in total. The van der Waals surface area contributed by atoms with Gasteiger partial charge in [-0.2, -0.15) is 0 Å². The first-order valence-corrected chi connectivity index (χ1v) is 8.85. The van der Waals surface area contributed by atoms with E-state index < -0.39 is 0 Å². The molecule has 0 saturated heterocycles. The lowest BCUT2D eigenvalue weighted by atomic mass is 9.85. The summed E-state index contributed by atoms with van der Waals surface area (Å²) >= 11 is 0. The van der Waals surface area contributed by atoms with Gasteiger partial charge in [0, 0.05) is 23.7 Å². The fourth-order valence-electron chi connectivity index (χ4n) is 2.91. The van der Waals surface area contributed by atoms with Gasteiger partial charge < -0.3 is 10.2 Å². The van der Waals surface area contributed by atoms with Gasteiger partial charge in [-0.1, -0.05) is 42.7 Å². The molecule has 2 amide bonds. The fraction of sp³-hybridized carbons (Fsp3) is 0.273. The molecule has 1 saturated carbocycles. The number of anilines is 1. The molecular weight excluding hydrogens is 324 g/mol. The Morgan fingerprint density at radius 2 is 1.77 bits per heavy atom. The molecule has 0 heterocycles. The average molecular weight is 346 g/mol. The topological polar surface area (TPSA) is 49.4 Å². The van der Waals surface area contributed by atoms with Crippen LogP contribution in [0.5, 0.6) is 0 Å². The van der Waals surface area contributed by atoms with Crippen molar-refractivity contribution < 1.29 is 9.59 Å². The lowest BCUT2D eigenvalue weighted by Crippen LogP contribution is -2.31. The van der Waals surface area contributed by atoms with Crippen LogP contribution in [0.4, 0.5) is 5.69 Å². The molecule has 2 aromatic carbocycles. The van der Waals surface area contributed by atoms with E-state index in [0.29, 0.717) is 17.8 Å². The third-order valence-corrected chi connectivity index (χ3v) is 4.66. The van der Waals surface area contributed by atoms with Gasteiger partial charge in [-0.25, -0.2) is 0 Å². The molecule has 2 aromatic rings.